The Kier molecular flexibility index (Phi) is 4.16. The molecule has 0 aliphatic carbocycles. The van der Waals surface area contributed by atoms with Gasteiger partial charge in [0.25, 0.3) is 5.69 Å². The Bertz CT molecular complexity index is 419. The van der Waals surface area contributed by atoms with Crippen LogP contribution in [0.3, 0.4) is 0 Å². The number of benzene rings is 1. The zero-order valence-electron chi connectivity index (χ0n) is 9.28. The minimum atomic E-state index is -0.336. The van der Waals surface area contributed by atoms with Gasteiger partial charge in [0.05, 0.1) is 4.92 Å². The predicted molar refractivity (Wildman–Crippen MR) is 75.3 cm³/mol. The summed E-state index contributed by atoms with van der Waals surface area (Å²) in [6.45, 7) is 2.82. The zero-order valence-corrected chi connectivity index (χ0v) is 11.4. The molecular formula is C11H14IN3O2. The standard InChI is InChI=1S/C11H14IN3O2/c12-9-1-2-10(11(5-9)15(16)17)14-7-8-3-4-13-6-8/h1-2,5,8,13-14H,3-4,6-7H2. The summed E-state index contributed by atoms with van der Waals surface area (Å²) in [5.41, 5.74) is 0.769. The second kappa shape index (κ2) is 5.63. The Morgan fingerprint density at radius 3 is 3.06 bits per heavy atom. The number of rotatable bonds is 4. The summed E-state index contributed by atoms with van der Waals surface area (Å²) in [7, 11) is 0. The summed E-state index contributed by atoms with van der Waals surface area (Å²) in [4.78, 5) is 10.6. The van der Waals surface area contributed by atoms with E-state index in [1.165, 1.54) is 0 Å². The highest BCUT2D eigenvalue weighted by atomic mass is 127. The van der Waals surface area contributed by atoms with E-state index in [-0.39, 0.29) is 10.6 Å². The van der Waals surface area contributed by atoms with Crippen LogP contribution in [0.4, 0.5) is 11.4 Å². The van der Waals surface area contributed by atoms with E-state index in [2.05, 4.69) is 33.2 Å². The van der Waals surface area contributed by atoms with Crippen molar-refractivity contribution in [1.82, 2.24) is 5.32 Å². The molecule has 0 radical (unpaired) electrons. The van der Waals surface area contributed by atoms with Crippen molar-refractivity contribution in [2.24, 2.45) is 5.92 Å². The minimum Gasteiger partial charge on any atom is -0.379 e. The van der Waals surface area contributed by atoms with Crippen LogP contribution < -0.4 is 10.6 Å². The van der Waals surface area contributed by atoms with Crippen LogP contribution in [0.25, 0.3) is 0 Å². The molecule has 0 bridgehead atoms. The van der Waals surface area contributed by atoms with E-state index in [0.29, 0.717) is 11.6 Å². The summed E-state index contributed by atoms with van der Waals surface area (Å²) in [5.74, 6) is 0.564. The SMILES string of the molecule is O=[N+]([O-])c1cc(I)ccc1NCC1CCNC1. The van der Waals surface area contributed by atoms with Gasteiger partial charge in [-0.05, 0) is 60.2 Å². The van der Waals surface area contributed by atoms with Crippen molar-refractivity contribution in [2.75, 3.05) is 25.0 Å². The molecule has 1 aliphatic rings. The maximum atomic E-state index is 10.9. The molecule has 1 heterocycles. The fourth-order valence-electron chi connectivity index (χ4n) is 1.95. The highest BCUT2D eigenvalue weighted by Crippen LogP contribution is 2.26. The third-order valence-corrected chi connectivity index (χ3v) is 3.57. The van der Waals surface area contributed by atoms with E-state index >= 15 is 0 Å². The summed E-state index contributed by atoms with van der Waals surface area (Å²) in [6.07, 6.45) is 1.13. The summed E-state index contributed by atoms with van der Waals surface area (Å²) >= 11 is 2.08. The van der Waals surface area contributed by atoms with Gasteiger partial charge in [0.1, 0.15) is 5.69 Å². The molecule has 1 unspecified atom stereocenters. The number of hydrogen-bond acceptors (Lipinski definition) is 4. The van der Waals surface area contributed by atoms with Crippen LogP contribution in [-0.4, -0.2) is 24.6 Å². The van der Waals surface area contributed by atoms with Crippen LogP contribution in [-0.2, 0) is 0 Å². The summed E-state index contributed by atoms with van der Waals surface area (Å²) < 4.78 is 0.877. The van der Waals surface area contributed by atoms with E-state index in [4.69, 9.17) is 0 Å². The van der Waals surface area contributed by atoms with Gasteiger partial charge in [-0.3, -0.25) is 10.1 Å². The van der Waals surface area contributed by atoms with Gasteiger partial charge in [0, 0.05) is 16.2 Å². The number of nitro groups is 1. The molecule has 6 heteroatoms. The third-order valence-electron chi connectivity index (χ3n) is 2.90. The lowest BCUT2D eigenvalue weighted by molar-refractivity contribution is -0.384. The molecule has 1 aromatic rings. The van der Waals surface area contributed by atoms with Crippen molar-refractivity contribution < 1.29 is 4.92 Å². The van der Waals surface area contributed by atoms with Crippen molar-refractivity contribution in [3.05, 3.63) is 31.9 Å². The van der Waals surface area contributed by atoms with E-state index < -0.39 is 0 Å². The first-order valence-corrected chi connectivity index (χ1v) is 6.63. The first-order chi connectivity index (χ1) is 8.16. The minimum absolute atomic E-state index is 0.155. The van der Waals surface area contributed by atoms with Crippen LogP contribution in [0.15, 0.2) is 18.2 Å². The normalized spacial score (nSPS) is 19.2. The second-order valence-electron chi connectivity index (χ2n) is 4.16. The number of nitrogens with zero attached hydrogens (tertiary/aromatic N) is 1. The highest BCUT2D eigenvalue weighted by molar-refractivity contribution is 14.1. The molecule has 0 spiro atoms. The number of nitro benzene ring substituents is 1. The quantitative estimate of drug-likeness (QED) is 0.498. The molecule has 5 nitrogen and oxygen atoms in total. The number of nitrogens with one attached hydrogen (secondary N) is 2. The largest absolute Gasteiger partial charge is 0.379 e. The topological polar surface area (TPSA) is 67.2 Å². The zero-order chi connectivity index (χ0) is 12.3. The lowest BCUT2D eigenvalue weighted by Gasteiger charge is -2.11. The molecule has 1 fully saturated rings. The molecule has 0 aromatic heterocycles. The molecule has 2 N–H and O–H groups in total. The average molecular weight is 347 g/mol. The average Bonchev–Trinajstić information content (AvgIpc) is 2.80. The Balaban J connectivity index is 2.06. The van der Waals surface area contributed by atoms with Crippen LogP contribution in [0, 0.1) is 19.6 Å². The van der Waals surface area contributed by atoms with Crippen LogP contribution in [0.2, 0.25) is 0 Å². The molecule has 92 valence electrons. The highest BCUT2D eigenvalue weighted by Gasteiger charge is 2.17. The van der Waals surface area contributed by atoms with Crippen molar-refractivity contribution in [3.63, 3.8) is 0 Å². The van der Waals surface area contributed by atoms with Gasteiger partial charge < -0.3 is 10.6 Å². The molecule has 17 heavy (non-hydrogen) atoms. The van der Waals surface area contributed by atoms with Gasteiger partial charge in [0.15, 0.2) is 0 Å². The van der Waals surface area contributed by atoms with Gasteiger partial charge in [-0.25, -0.2) is 0 Å². The fourth-order valence-corrected chi connectivity index (χ4v) is 2.42. The van der Waals surface area contributed by atoms with E-state index in [0.717, 1.165) is 29.6 Å². The molecule has 1 saturated heterocycles. The summed E-state index contributed by atoms with van der Waals surface area (Å²) in [6, 6.07) is 5.25. The number of anilines is 1. The van der Waals surface area contributed by atoms with Crippen molar-refractivity contribution in [1.29, 1.82) is 0 Å². The Hall–Kier alpha value is -0.890. The monoisotopic (exact) mass is 347 g/mol. The molecule has 2 rings (SSSR count). The van der Waals surface area contributed by atoms with Crippen molar-refractivity contribution >= 4 is 34.0 Å². The maximum absolute atomic E-state index is 10.9. The fraction of sp³-hybridized carbons (Fsp3) is 0.455. The van der Waals surface area contributed by atoms with Gasteiger partial charge in [0.2, 0.25) is 0 Å². The third kappa shape index (κ3) is 3.29. The second-order valence-corrected chi connectivity index (χ2v) is 5.40. The van der Waals surface area contributed by atoms with Crippen LogP contribution >= 0.6 is 22.6 Å². The molecule has 1 aliphatic heterocycles. The Morgan fingerprint density at radius 1 is 1.59 bits per heavy atom. The molecule has 0 saturated carbocycles. The van der Waals surface area contributed by atoms with Crippen LogP contribution in [0.1, 0.15) is 6.42 Å². The van der Waals surface area contributed by atoms with Gasteiger partial charge in [-0.2, -0.15) is 0 Å². The maximum Gasteiger partial charge on any atom is 0.293 e. The molecule has 1 atom stereocenters. The predicted octanol–water partition coefficient (Wildman–Crippen LogP) is 2.22. The van der Waals surface area contributed by atoms with Gasteiger partial charge >= 0.3 is 0 Å². The molecular weight excluding hydrogens is 333 g/mol. The van der Waals surface area contributed by atoms with Crippen LogP contribution in [0.5, 0.6) is 0 Å². The first kappa shape index (κ1) is 12.6. The van der Waals surface area contributed by atoms with E-state index in [9.17, 15) is 10.1 Å². The van der Waals surface area contributed by atoms with Gasteiger partial charge in [-0.1, -0.05) is 0 Å². The lowest BCUT2D eigenvalue weighted by Crippen LogP contribution is -2.17. The first-order valence-electron chi connectivity index (χ1n) is 5.55. The lowest BCUT2D eigenvalue weighted by atomic mass is 10.1. The number of halogens is 1. The van der Waals surface area contributed by atoms with Crippen molar-refractivity contribution in [3.8, 4) is 0 Å². The van der Waals surface area contributed by atoms with E-state index in [1.54, 1.807) is 12.1 Å². The Morgan fingerprint density at radius 2 is 2.41 bits per heavy atom. The molecule has 0 amide bonds. The Labute approximate surface area is 113 Å². The van der Waals surface area contributed by atoms with Crippen molar-refractivity contribution in [2.45, 2.75) is 6.42 Å². The molecule has 1 aromatic carbocycles. The smallest absolute Gasteiger partial charge is 0.293 e. The summed E-state index contributed by atoms with van der Waals surface area (Å²) in [5, 5.41) is 17.4. The van der Waals surface area contributed by atoms with Gasteiger partial charge in [-0.15, -0.1) is 0 Å². The van der Waals surface area contributed by atoms with E-state index in [1.807, 2.05) is 6.07 Å². The number of hydrogen-bond donors (Lipinski definition) is 2.